The number of alkyl carbamates (subject to hydrolysis) is 1. The quantitative estimate of drug-likeness (QED) is 0.340. The predicted octanol–water partition coefficient (Wildman–Crippen LogP) is 1.86. The number of hydrogen-bond acceptors (Lipinski definition) is 9. The van der Waals surface area contributed by atoms with E-state index in [1.165, 1.54) is 11.0 Å². The van der Waals surface area contributed by atoms with Crippen molar-refractivity contribution < 1.29 is 50.6 Å². The molecule has 266 valence electrons. The number of rotatable bonds is 8. The predicted molar refractivity (Wildman–Crippen MR) is 167 cm³/mol. The fourth-order valence-electron chi connectivity index (χ4n) is 6.83. The first-order chi connectivity index (χ1) is 23.3. The number of cyclic esters (lactones) is 1. The van der Waals surface area contributed by atoms with Crippen molar-refractivity contribution in [1.82, 2.24) is 25.2 Å². The van der Waals surface area contributed by atoms with E-state index in [9.17, 15) is 41.2 Å². The highest BCUT2D eigenvalue weighted by molar-refractivity contribution is 7.91. The minimum atomic E-state index is -3.97. The lowest BCUT2D eigenvalue weighted by atomic mass is 9.99. The summed E-state index contributed by atoms with van der Waals surface area (Å²) in [6.07, 6.45) is -3.21. The van der Waals surface area contributed by atoms with Crippen molar-refractivity contribution in [2.45, 2.75) is 99.9 Å². The lowest BCUT2D eigenvalue weighted by Crippen LogP contribution is -2.58. The number of fused-ring (bicyclic) bond motifs is 3. The molecular weight excluding hydrogens is 668 g/mol. The first-order valence-electron chi connectivity index (χ1n) is 16.4. The van der Waals surface area contributed by atoms with Gasteiger partial charge in [0.15, 0.2) is 0 Å². The Morgan fingerprint density at radius 3 is 2.59 bits per heavy atom. The zero-order valence-electron chi connectivity index (χ0n) is 26.7. The van der Waals surface area contributed by atoms with Gasteiger partial charge in [0.2, 0.25) is 28.3 Å². The normalized spacial score (nSPS) is 28.9. The molecule has 3 heterocycles. The van der Waals surface area contributed by atoms with Crippen LogP contribution >= 0.6 is 0 Å². The molecule has 0 aromatic heterocycles. The maximum atomic E-state index is 13.9. The standard InChI is InChI=1S/C32H39F2N5O9S/c1-2-20-14-32(20,29(42)37-49(45,46)22-9-10-22)36-27(40)25-12-21-16-39(25)28(41)24(13-26(33)34)35-30(43)47-11-4-3-6-18-7-5-8-19-15-38(17-23(18)19)31(44)48-21/h2,5,7-8,20-22,24-26H,1,3-4,6,9-17H2,(H,35,43)(H,36,40)(H,37,42)/t20-,21+,24-,25-,32+/m0/s1. The molecular formula is C32H39F2N5O9S. The van der Waals surface area contributed by atoms with Gasteiger partial charge in [-0.25, -0.2) is 26.8 Å². The van der Waals surface area contributed by atoms with Crippen LogP contribution in [0, 0.1) is 5.92 Å². The molecule has 3 fully saturated rings. The molecule has 17 heteroatoms. The summed E-state index contributed by atoms with van der Waals surface area (Å²) in [5.41, 5.74) is 1.29. The van der Waals surface area contributed by atoms with Crippen LogP contribution in [0.1, 0.15) is 61.6 Å². The number of nitrogens with zero attached hydrogens (tertiary/aromatic N) is 2. The van der Waals surface area contributed by atoms with Crippen LogP contribution in [0.15, 0.2) is 30.9 Å². The number of ether oxygens (including phenoxy) is 2. The van der Waals surface area contributed by atoms with Gasteiger partial charge in [-0.3, -0.25) is 24.0 Å². The second-order valence-corrected chi connectivity index (χ2v) is 15.2. The Morgan fingerprint density at radius 1 is 1.14 bits per heavy atom. The number of benzene rings is 1. The summed E-state index contributed by atoms with van der Waals surface area (Å²) in [6, 6.07) is 2.55. The Balaban J connectivity index is 1.26. The lowest BCUT2D eigenvalue weighted by molar-refractivity contribution is -0.141. The molecule has 14 nitrogen and oxygen atoms in total. The van der Waals surface area contributed by atoms with Crippen molar-refractivity contribution >= 4 is 39.9 Å². The lowest BCUT2D eigenvalue weighted by Gasteiger charge is -2.29. The number of amides is 5. The monoisotopic (exact) mass is 707 g/mol. The van der Waals surface area contributed by atoms with Crippen LogP contribution in [0.25, 0.3) is 0 Å². The number of nitrogens with one attached hydrogen (secondary N) is 3. The number of sulfonamides is 1. The maximum absolute atomic E-state index is 13.9. The Hall–Kier alpha value is -4.28. The second-order valence-electron chi connectivity index (χ2n) is 13.3. The van der Waals surface area contributed by atoms with Crippen LogP contribution in [0.5, 0.6) is 0 Å². The molecule has 5 amide bonds. The molecule has 0 spiro atoms. The van der Waals surface area contributed by atoms with E-state index in [0.717, 1.165) is 21.6 Å². The molecule has 1 saturated heterocycles. The van der Waals surface area contributed by atoms with Crippen molar-refractivity contribution in [3.05, 3.63) is 47.5 Å². The van der Waals surface area contributed by atoms with E-state index >= 15 is 0 Å². The number of hydrogen-bond donors (Lipinski definition) is 3. The van der Waals surface area contributed by atoms with Gasteiger partial charge in [-0.05, 0) is 55.2 Å². The molecule has 6 rings (SSSR count). The summed E-state index contributed by atoms with van der Waals surface area (Å²) in [7, 11) is -3.97. The minimum absolute atomic E-state index is 0.0310. The summed E-state index contributed by atoms with van der Waals surface area (Å²) in [4.78, 5) is 69.5. The second kappa shape index (κ2) is 13.6. The fourth-order valence-corrected chi connectivity index (χ4v) is 8.20. The highest BCUT2D eigenvalue weighted by atomic mass is 32.2. The minimum Gasteiger partial charge on any atom is -0.450 e. The van der Waals surface area contributed by atoms with E-state index < -0.39 is 87.7 Å². The van der Waals surface area contributed by atoms with Gasteiger partial charge < -0.3 is 25.0 Å². The van der Waals surface area contributed by atoms with E-state index in [4.69, 9.17) is 9.47 Å². The van der Waals surface area contributed by atoms with Crippen molar-refractivity contribution in [2.24, 2.45) is 5.92 Å². The largest absolute Gasteiger partial charge is 0.450 e. The smallest absolute Gasteiger partial charge is 0.410 e. The molecule has 5 aliphatic rings. The zero-order valence-corrected chi connectivity index (χ0v) is 27.5. The highest BCUT2D eigenvalue weighted by Gasteiger charge is 2.62. The summed E-state index contributed by atoms with van der Waals surface area (Å²) in [5, 5.41) is 4.08. The molecule has 3 N–H and O–H groups in total. The van der Waals surface area contributed by atoms with Crippen LogP contribution < -0.4 is 15.4 Å². The van der Waals surface area contributed by atoms with Gasteiger partial charge in [0, 0.05) is 31.8 Å². The van der Waals surface area contributed by atoms with Crippen molar-refractivity contribution in [1.29, 1.82) is 0 Å². The SMILES string of the molecule is C=C[C@H]1C[C@]1(NC(=O)[C@@H]1C[C@@H]2CN1C(=O)[C@H](CC(F)F)NC(=O)OCCCCc1cccc3c1CN(C3)C(=O)O2)C(=O)NS(=O)(=O)C1CC1. The van der Waals surface area contributed by atoms with Gasteiger partial charge >= 0.3 is 12.2 Å². The molecule has 1 aromatic rings. The molecule has 2 aliphatic carbocycles. The van der Waals surface area contributed by atoms with Crippen LogP contribution in [-0.4, -0.2) is 96.7 Å². The molecule has 0 radical (unpaired) electrons. The van der Waals surface area contributed by atoms with Gasteiger partial charge in [0.1, 0.15) is 23.7 Å². The number of carbonyl (C=O) groups excluding carboxylic acids is 5. The van der Waals surface area contributed by atoms with E-state index in [2.05, 4.69) is 17.2 Å². The first-order valence-corrected chi connectivity index (χ1v) is 17.9. The van der Waals surface area contributed by atoms with E-state index in [0.29, 0.717) is 32.1 Å². The van der Waals surface area contributed by atoms with E-state index in [1.807, 2.05) is 22.9 Å². The average Bonchev–Trinajstić information content (AvgIpc) is 3.94. The van der Waals surface area contributed by atoms with Gasteiger partial charge in [-0.15, -0.1) is 6.58 Å². The molecule has 4 bridgehead atoms. The number of halogens is 2. The molecule has 1 aromatic carbocycles. The average molecular weight is 708 g/mol. The summed E-state index contributed by atoms with van der Waals surface area (Å²) >= 11 is 0. The topological polar surface area (TPSA) is 181 Å². The van der Waals surface area contributed by atoms with E-state index in [1.54, 1.807) is 0 Å². The Kier molecular flexibility index (Phi) is 9.57. The number of carbonyl (C=O) groups is 5. The summed E-state index contributed by atoms with van der Waals surface area (Å²) < 4.78 is 65.5. The Morgan fingerprint density at radius 2 is 1.90 bits per heavy atom. The zero-order chi connectivity index (χ0) is 35.1. The Labute approximate surface area is 281 Å². The highest BCUT2D eigenvalue weighted by Crippen LogP contribution is 2.45. The Bertz CT molecular complexity index is 1650. The van der Waals surface area contributed by atoms with Crippen LogP contribution in [0.2, 0.25) is 0 Å². The molecule has 5 atom stereocenters. The number of alkyl halides is 2. The van der Waals surface area contributed by atoms with Crippen LogP contribution in [0.4, 0.5) is 18.4 Å². The van der Waals surface area contributed by atoms with Gasteiger partial charge in [-0.2, -0.15) is 0 Å². The summed E-state index contributed by atoms with van der Waals surface area (Å²) in [5.74, 6) is -3.52. The van der Waals surface area contributed by atoms with Gasteiger partial charge in [0.05, 0.1) is 18.4 Å². The third-order valence-electron chi connectivity index (χ3n) is 9.78. The molecule has 2 saturated carbocycles. The van der Waals surface area contributed by atoms with Crippen LogP contribution in [0.3, 0.4) is 0 Å². The van der Waals surface area contributed by atoms with E-state index in [-0.39, 0.29) is 39.1 Å². The van der Waals surface area contributed by atoms with Crippen LogP contribution in [-0.2, 0) is 53.4 Å². The van der Waals surface area contributed by atoms with Gasteiger partial charge in [-0.1, -0.05) is 24.3 Å². The number of aryl methyl sites for hydroxylation is 1. The fraction of sp³-hybridized carbons (Fsp3) is 0.594. The molecule has 49 heavy (non-hydrogen) atoms. The maximum Gasteiger partial charge on any atom is 0.410 e. The molecule has 3 aliphatic heterocycles. The third-order valence-corrected chi connectivity index (χ3v) is 11.6. The van der Waals surface area contributed by atoms with Crippen molar-refractivity contribution in [3.8, 4) is 0 Å². The first kappa shape index (κ1) is 34.6. The third kappa shape index (κ3) is 7.35. The molecule has 0 unspecified atom stereocenters. The summed E-state index contributed by atoms with van der Waals surface area (Å²) in [6.45, 7) is 3.83. The van der Waals surface area contributed by atoms with Crippen molar-refractivity contribution in [3.63, 3.8) is 0 Å². The van der Waals surface area contributed by atoms with Crippen molar-refractivity contribution in [2.75, 3.05) is 13.2 Å². The van der Waals surface area contributed by atoms with Gasteiger partial charge in [0.25, 0.3) is 5.91 Å².